The van der Waals surface area contributed by atoms with E-state index in [1.54, 1.807) is 55.7 Å². The number of nitrogens with zero attached hydrogens (tertiary/aromatic N) is 8. The molecule has 14 nitrogen and oxygen atoms in total. The van der Waals surface area contributed by atoms with Crippen molar-refractivity contribution in [2.24, 2.45) is 0 Å². The summed E-state index contributed by atoms with van der Waals surface area (Å²) in [5.41, 5.74) is 4.82. The topological polar surface area (TPSA) is 218 Å². The van der Waals surface area contributed by atoms with E-state index in [0.717, 1.165) is 78.7 Å². The minimum absolute atomic E-state index is 0. The molecular weight excluding hydrogens is 903 g/mol. The Bertz CT molecular complexity index is 3060. The van der Waals surface area contributed by atoms with Crippen LogP contribution in [0.4, 0.5) is 0 Å². The summed E-state index contributed by atoms with van der Waals surface area (Å²) >= 11 is 15.4. The Morgan fingerprint density at radius 2 is 1.15 bits per heavy atom. The average molecular weight is 944 g/mol. The van der Waals surface area contributed by atoms with E-state index in [-0.39, 0.29) is 41.3 Å². The van der Waals surface area contributed by atoms with Crippen LogP contribution >= 0.6 is 46.7 Å². The molecular formula is C46H41Cl2LiN8O6S2. The molecule has 0 aliphatic carbocycles. The van der Waals surface area contributed by atoms with E-state index in [9.17, 15) is 25.2 Å². The van der Waals surface area contributed by atoms with Crippen molar-refractivity contribution in [3.8, 4) is 23.5 Å². The molecule has 0 saturated heterocycles. The summed E-state index contributed by atoms with van der Waals surface area (Å²) in [6, 6.07) is 29.7. The predicted molar refractivity (Wildman–Crippen MR) is 248 cm³/mol. The standard InChI is InChI=1S/C24H21ClN4O2S.C22H17ClN4O2S.Li.2H2O/c1-3-10-28-15-18(14-27-28)29-21-12-17(25)8-9-20(21)23(22(29)13-26)32-19-7-5-6-16(11-19)24(30)31-4-2;1-2-8-26-13-16(12-25-26)27-19-10-15(23)6-7-18(19)21(20(27)11-24)30-17-5-3-4-14(9-17)22(28)29;;;/h5-9,11-12,14-15H,3-4,10H2,1-2H3;3-7,9-10,12-13H,2,8H2,1H3,(H,28,29);;2*1H2/q;;+1;;/p-1. The number of carboxylic acid groups (broad SMARTS) is 1. The van der Waals surface area contributed by atoms with Crippen LogP contribution in [0.2, 0.25) is 10.0 Å². The Morgan fingerprint density at radius 1 is 0.708 bits per heavy atom. The minimum Gasteiger partial charge on any atom is -0.870 e. The molecule has 328 valence electrons. The van der Waals surface area contributed by atoms with Gasteiger partial charge in [0.2, 0.25) is 0 Å². The molecule has 4 aromatic heterocycles. The molecule has 4 aromatic carbocycles. The number of carbonyl (C=O) groups excluding carboxylic acids is 1. The Hall–Kier alpha value is -5.90. The first-order valence-electron chi connectivity index (χ1n) is 19.6. The van der Waals surface area contributed by atoms with Crippen molar-refractivity contribution in [1.29, 1.82) is 10.5 Å². The van der Waals surface area contributed by atoms with Crippen molar-refractivity contribution in [2.75, 3.05) is 6.61 Å². The number of halogens is 2. The molecule has 4 N–H and O–H groups in total. The minimum atomic E-state index is -0.990. The van der Waals surface area contributed by atoms with Gasteiger partial charge in [-0.05, 0) is 80.4 Å². The molecule has 0 unspecified atom stereocenters. The molecule has 0 atom stereocenters. The molecule has 0 aliphatic heterocycles. The van der Waals surface area contributed by atoms with Gasteiger partial charge in [-0.15, -0.1) is 0 Å². The summed E-state index contributed by atoms with van der Waals surface area (Å²) in [6.45, 7) is 7.83. The first-order valence-corrected chi connectivity index (χ1v) is 22.0. The van der Waals surface area contributed by atoms with Crippen LogP contribution in [0.1, 0.15) is 65.7 Å². The van der Waals surface area contributed by atoms with E-state index < -0.39 is 5.97 Å². The maximum atomic E-state index is 12.2. The number of nitriles is 2. The maximum absolute atomic E-state index is 12.2. The van der Waals surface area contributed by atoms with Gasteiger partial charge in [-0.25, -0.2) is 9.59 Å². The normalized spacial score (nSPS) is 10.4. The van der Waals surface area contributed by atoms with E-state index >= 15 is 0 Å². The third-order valence-corrected chi connectivity index (χ3v) is 12.2. The van der Waals surface area contributed by atoms with Gasteiger partial charge in [0.05, 0.1) is 62.3 Å². The van der Waals surface area contributed by atoms with Crippen LogP contribution in [0.5, 0.6) is 0 Å². The zero-order valence-corrected chi connectivity index (χ0v) is 38.8. The number of esters is 1. The van der Waals surface area contributed by atoms with Crippen molar-refractivity contribution in [3.63, 3.8) is 0 Å². The molecule has 8 rings (SSSR count). The summed E-state index contributed by atoms with van der Waals surface area (Å²) < 4.78 is 12.6. The molecule has 0 fully saturated rings. The number of ether oxygens (including phenoxy) is 1. The number of benzene rings is 4. The number of carbonyl (C=O) groups is 2. The second-order valence-corrected chi connectivity index (χ2v) is 16.8. The second kappa shape index (κ2) is 23.3. The smallest absolute Gasteiger partial charge is 0.870 e. The number of aromatic carboxylic acids is 1. The molecule has 0 spiro atoms. The number of aryl methyl sites for hydroxylation is 2. The van der Waals surface area contributed by atoms with Gasteiger partial charge in [0.1, 0.15) is 23.5 Å². The van der Waals surface area contributed by atoms with Crippen LogP contribution < -0.4 is 18.9 Å². The Labute approximate surface area is 405 Å². The summed E-state index contributed by atoms with van der Waals surface area (Å²) in [5, 5.41) is 41.2. The fraction of sp³-hybridized carbons (Fsp3) is 0.174. The number of hydrogen-bond acceptors (Lipinski definition) is 10. The fourth-order valence-corrected chi connectivity index (χ4v) is 9.38. The number of aromatic nitrogens is 6. The van der Waals surface area contributed by atoms with Crippen molar-refractivity contribution in [3.05, 3.63) is 142 Å². The van der Waals surface area contributed by atoms with Crippen molar-refractivity contribution < 1.29 is 49.2 Å². The van der Waals surface area contributed by atoms with E-state index in [1.807, 2.05) is 79.4 Å². The van der Waals surface area contributed by atoms with Gasteiger partial charge in [0.15, 0.2) is 0 Å². The first-order chi connectivity index (χ1) is 30.1. The number of fused-ring (bicyclic) bond motifs is 2. The third-order valence-electron chi connectivity index (χ3n) is 9.51. The van der Waals surface area contributed by atoms with Crippen molar-refractivity contribution in [2.45, 2.75) is 66.3 Å². The maximum Gasteiger partial charge on any atom is 1.00 e. The Kier molecular flexibility index (Phi) is 18.6. The molecule has 65 heavy (non-hydrogen) atoms. The van der Waals surface area contributed by atoms with E-state index in [0.29, 0.717) is 33.6 Å². The molecule has 4 heterocycles. The van der Waals surface area contributed by atoms with E-state index in [2.05, 4.69) is 36.2 Å². The number of rotatable bonds is 13. The predicted octanol–water partition coefficient (Wildman–Crippen LogP) is 7.70. The van der Waals surface area contributed by atoms with E-state index in [4.69, 9.17) is 27.9 Å². The molecule has 0 aliphatic rings. The largest absolute Gasteiger partial charge is 1.00 e. The number of carboxylic acids is 1. The van der Waals surface area contributed by atoms with Crippen molar-refractivity contribution >= 4 is 80.5 Å². The summed E-state index contributed by atoms with van der Waals surface area (Å²) in [7, 11) is 0. The molecule has 0 bridgehead atoms. The van der Waals surface area contributed by atoms with E-state index in [1.165, 1.54) is 23.5 Å². The average Bonchev–Trinajstić information content (AvgIpc) is 4.05. The zero-order chi connectivity index (χ0) is 43.9. The fourth-order valence-electron chi connectivity index (χ4n) is 6.88. The number of hydrogen-bond donors (Lipinski definition) is 1. The van der Waals surface area contributed by atoms with Gasteiger partial charge in [-0.2, -0.15) is 20.7 Å². The van der Waals surface area contributed by atoms with Gasteiger partial charge in [-0.3, -0.25) is 18.5 Å². The van der Waals surface area contributed by atoms with Gasteiger partial charge in [0, 0.05) is 56.1 Å². The second-order valence-electron chi connectivity index (χ2n) is 13.8. The van der Waals surface area contributed by atoms with Crippen LogP contribution in [0.3, 0.4) is 0 Å². The van der Waals surface area contributed by atoms with Crippen LogP contribution in [0.15, 0.2) is 129 Å². The Morgan fingerprint density at radius 3 is 1.57 bits per heavy atom. The van der Waals surface area contributed by atoms with Gasteiger partial charge in [-0.1, -0.05) is 84.8 Å². The molecule has 0 amide bonds. The SMILES string of the molecule is CCCn1cc(-n2c(C#N)c(Sc3cccc(C(=O)O)c3)c3ccc(Cl)cc32)cn1.CCCn1cc(-n2c(C#N)c(Sc3cccc(C(=O)OCC)c3)c3ccc(Cl)cc32)cn1.O.[Li+].[OH-]. The summed E-state index contributed by atoms with van der Waals surface area (Å²) in [5.74, 6) is -1.36. The molecule has 0 saturated carbocycles. The zero-order valence-electron chi connectivity index (χ0n) is 35.7. The molecule has 19 heteroatoms. The van der Waals surface area contributed by atoms with Crippen LogP contribution in [0, 0.1) is 22.7 Å². The molecule has 8 aromatic rings. The van der Waals surface area contributed by atoms with Crippen LogP contribution in [-0.2, 0) is 17.8 Å². The van der Waals surface area contributed by atoms with Gasteiger partial charge >= 0.3 is 30.8 Å². The van der Waals surface area contributed by atoms with Gasteiger partial charge < -0.3 is 20.8 Å². The van der Waals surface area contributed by atoms with Crippen molar-refractivity contribution in [1.82, 2.24) is 28.7 Å². The Balaban J connectivity index is 0.000000272. The molecule has 0 radical (unpaired) electrons. The third kappa shape index (κ3) is 11.3. The van der Waals surface area contributed by atoms with Gasteiger partial charge in [0.25, 0.3) is 0 Å². The monoisotopic (exact) mass is 942 g/mol. The summed E-state index contributed by atoms with van der Waals surface area (Å²) in [4.78, 5) is 26.6. The first kappa shape index (κ1) is 51.7. The quantitative estimate of drug-likeness (QED) is 0.0872. The van der Waals surface area contributed by atoms with Crippen LogP contribution in [0.25, 0.3) is 33.2 Å². The summed E-state index contributed by atoms with van der Waals surface area (Å²) in [6.07, 6.45) is 9.24. The van der Waals surface area contributed by atoms with Crippen LogP contribution in [-0.4, -0.2) is 63.3 Å².